The van der Waals surface area contributed by atoms with Gasteiger partial charge in [0.1, 0.15) is 5.69 Å². The molecule has 3 aromatic rings. The number of benzene rings is 1. The van der Waals surface area contributed by atoms with Crippen molar-refractivity contribution in [3.8, 4) is 0 Å². The van der Waals surface area contributed by atoms with Gasteiger partial charge < -0.3 is 4.42 Å². The molecule has 4 nitrogen and oxygen atoms in total. The lowest BCUT2D eigenvalue weighted by Gasteiger charge is -2.00. The van der Waals surface area contributed by atoms with Crippen LogP contribution in [0.1, 0.15) is 35.8 Å². The first-order valence-electron chi connectivity index (χ1n) is 6.93. The topological polar surface area (TPSA) is 48.0 Å². The number of halogens is 1. The van der Waals surface area contributed by atoms with Crippen molar-refractivity contribution >= 4 is 16.8 Å². The number of furan rings is 1. The summed E-state index contributed by atoms with van der Waals surface area (Å²) in [5, 5.41) is 4.93. The predicted octanol–water partition coefficient (Wildman–Crippen LogP) is 3.58. The number of carbonyl (C=O) groups is 1. The van der Waals surface area contributed by atoms with Gasteiger partial charge in [0.2, 0.25) is 5.78 Å². The minimum Gasteiger partial charge on any atom is -0.449 e. The maximum atomic E-state index is 13.6. The molecule has 21 heavy (non-hydrogen) atoms. The molecule has 2 aromatic heterocycles. The third-order valence-electron chi connectivity index (χ3n) is 3.44. The standard InChI is InChI=1S/C16H15FN2O2/c1-3-11-9-13(19(4-2)18-11)15(20)14-8-10-6-5-7-12(17)16(10)21-14/h5-9H,3-4H2,1-2H3. The monoisotopic (exact) mass is 286 g/mol. The normalized spacial score (nSPS) is 11.2. The number of hydrogen-bond donors (Lipinski definition) is 0. The van der Waals surface area contributed by atoms with Gasteiger partial charge in [0.15, 0.2) is 17.2 Å². The van der Waals surface area contributed by atoms with Gasteiger partial charge in [-0.15, -0.1) is 0 Å². The SMILES string of the molecule is CCc1cc(C(=O)c2cc3cccc(F)c3o2)n(CC)n1. The highest BCUT2D eigenvalue weighted by molar-refractivity contribution is 6.08. The van der Waals surface area contributed by atoms with Gasteiger partial charge in [0.05, 0.1) is 5.69 Å². The highest BCUT2D eigenvalue weighted by Gasteiger charge is 2.20. The van der Waals surface area contributed by atoms with Crippen molar-refractivity contribution in [2.75, 3.05) is 0 Å². The van der Waals surface area contributed by atoms with Crippen LogP contribution < -0.4 is 0 Å². The van der Waals surface area contributed by atoms with Crippen LogP contribution >= 0.6 is 0 Å². The van der Waals surface area contributed by atoms with Crippen LogP contribution in [-0.2, 0) is 13.0 Å². The summed E-state index contributed by atoms with van der Waals surface area (Å²) in [5.74, 6) is -0.614. The summed E-state index contributed by atoms with van der Waals surface area (Å²) >= 11 is 0. The molecule has 0 amide bonds. The van der Waals surface area contributed by atoms with Crippen molar-refractivity contribution in [1.82, 2.24) is 9.78 Å². The van der Waals surface area contributed by atoms with E-state index >= 15 is 0 Å². The zero-order chi connectivity index (χ0) is 15.0. The molecule has 0 fully saturated rings. The average Bonchev–Trinajstić information content (AvgIpc) is 3.11. The Bertz CT molecular complexity index is 817. The molecule has 0 spiro atoms. The van der Waals surface area contributed by atoms with Crippen molar-refractivity contribution in [2.45, 2.75) is 26.8 Å². The van der Waals surface area contributed by atoms with E-state index in [-0.39, 0.29) is 17.1 Å². The maximum absolute atomic E-state index is 13.6. The van der Waals surface area contributed by atoms with E-state index in [9.17, 15) is 9.18 Å². The van der Waals surface area contributed by atoms with E-state index in [0.717, 1.165) is 12.1 Å². The van der Waals surface area contributed by atoms with Gasteiger partial charge in [-0.3, -0.25) is 9.48 Å². The Hall–Kier alpha value is -2.43. The van der Waals surface area contributed by atoms with Crippen LogP contribution in [0.4, 0.5) is 4.39 Å². The summed E-state index contributed by atoms with van der Waals surface area (Å²) < 4.78 is 20.7. The van der Waals surface area contributed by atoms with Crippen molar-refractivity contribution < 1.29 is 13.6 Å². The van der Waals surface area contributed by atoms with Crippen molar-refractivity contribution in [2.24, 2.45) is 0 Å². The molecule has 0 aliphatic rings. The van der Waals surface area contributed by atoms with Gasteiger partial charge in [0, 0.05) is 11.9 Å². The van der Waals surface area contributed by atoms with Gasteiger partial charge in [-0.05, 0) is 31.5 Å². The molecule has 0 aliphatic heterocycles. The van der Waals surface area contributed by atoms with Crippen LogP contribution in [0.2, 0.25) is 0 Å². The molecular formula is C16H15FN2O2. The third-order valence-corrected chi connectivity index (χ3v) is 3.44. The molecule has 3 rings (SSSR count). The number of ketones is 1. The number of fused-ring (bicyclic) bond motifs is 1. The summed E-state index contributed by atoms with van der Waals surface area (Å²) in [7, 11) is 0. The molecule has 0 saturated carbocycles. The van der Waals surface area contributed by atoms with Gasteiger partial charge in [-0.25, -0.2) is 4.39 Å². The zero-order valence-electron chi connectivity index (χ0n) is 11.9. The lowest BCUT2D eigenvalue weighted by Crippen LogP contribution is -2.09. The van der Waals surface area contributed by atoms with E-state index in [2.05, 4.69) is 5.10 Å². The molecule has 0 bridgehead atoms. The Morgan fingerprint density at radius 2 is 2.14 bits per heavy atom. The van der Waals surface area contributed by atoms with Crippen molar-refractivity contribution in [3.63, 3.8) is 0 Å². The second-order valence-corrected chi connectivity index (χ2v) is 4.79. The van der Waals surface area contributed by atoms with Crippen molar-refractivity contribution in [3.05, 3.63) is 53.3 Å². The first-order valence-corrected chi connectivity index (χ1v) is 6.93. The number of nitrogens with zero attached hydrogens (tertiary/aromatic N) is 2. The smallest absolute Gasteiger partial charge is 0.246 e. The molecule has 1 aromatic carbocycles. The highest BCUT2D eigenvalue weighted by atomic mass is 19.1. The number of aromatic nitrogens is 2. The molecule has 0 aliphatic carbocycles. The molecule has 0 saturated heterocycles. The van der Waals surface area contributed by atoms with Crippen LogP contribution in [0.5, 0.6) is 0 Å². The Morgan fingerprint density at radius 3 is 2.81 bits per heavy atom. The lowest BCUT2D eigenvalue weighted by molar-refractivity contribution is 0.100. The molecule has 0 N–H and O–H groups in total. The van der Waals surface area contributed by atoms with Gasteiger partial charge in [-0.1, -0.05) is 19.1 Å². The largest absolute Gasteiger partial charge is 0.449 e. The Labute approximate surface area is 121 Å². The molecule has 0 radical (unpaired) electrons. The molecule has 0 unspecified atom stereocenters. The highest BCUT2D eigenvalue weighted by Crippen LogP contribution is 2.24. The number of hydrogen-bond acceptors (Lipinski definition) is 3. The number of aryl methyl sites for hydroxylation is 2. The molecule has 5 heteroatoms. The average molecular weight is 286 g/mol. The van der Waals surface area contributed by atoms with E-state index in [1.54, 1.807) is 28.9 Å². The van der Waals surface area contributed by atoms with E-state index in [0.29, 0.717) is 17.6 Å². The van der Waals surface area contributed by atoms with Gasteiger partial charge in [-0.2, -0.15) is 5.10 Å². The first kappa shape index (κ1) is 13.5. The second-order valence-electron chi connectivity index (χ2n) is 4.79. The van der Waals surface area contributed by atoms with E-state index < -0.39 is 5.82 Å². The Kier molecular flexibility index (Phi) is 3.33. The van der Waals surface area contributed by atoms with Crippen LogP contribution in [0.3, 0.4) is 0 Å². The van der Waals surface area contributed by atoms with E-state index in [1.807, 2.05) is 13.8 Å². The summed E-state index contributed by atoms with van der Waals surface area (Å²) in [6.45, 7) is 4.49. The van der Waals surface area contributed by atoms with Crippen LogP contribution in [0, 0.1) is 5.82 Å². The fraction of sp³-hybridized carbons (Fsp3) is 0.250. The summed E-state index contributed by atoms with van der Waals surface area (Å²) in [6.07, 6.45) is 0.752. The molecule has 2 heterocycles. The van der Waals surface area contributed by atoms with E-state index in [4.69, 9.17) is 4.42 Å². The fourth-order valence-corrected chi connectivity index (χ4v) is 2.33. The van der Waals surface area contributed by atoms with Crippen molar-refractivity contribution in [1.29, 1.82) is 0 Å². The van der Waals surface area contributed by atoms with Crippen LogP contribution in [0.25, 0.3) is 11.0 Å². The van der Waals surface area contributed by atoms with Crippen LogP contribution in [0.15, 0.2) is 34.7 Å². The first-order chi connectivity index (χ1) is 10.1. The Balaban J connectivity index is 2.08. The van der Waals surface area contributed by atoms with Gasteiger partial charge in [0.25, 0.3) is 0 Å². The number of rotatable bonds is 4. The maximum Gasteiger partial charge on any atom is 0.246 e. The van der Waals surface area contributed by atoms with Gasteiger partial charge >= 0.3 is 0 Å². The summed E-state index contributed by atoms with van der Waals surface area (Å²) in [6, 6.07) is 7.94. The minimum absolute atomic E-state index is 0.110. The quantitative estimate of drug-likeness (QED) is 0.689. The number of para-hydroxylation sites is 1. The molecular weight excluding hydrogens is 271 g/mol. The second kappa shape index (κ2) is 5.16. The fourth-order valence-electron chi connectivity index (χ4n) is 2.33. The summed E-state index contributed by atoms with van der Waals surface area (Å²) in [5.41, 5.74) is 1.43. The molecule has 0 atom stereocenters. The summed E-state index contributed by atoms with van der Waals surface area (Å²) in [4.78, 5) is 12.6. The third kappa shape index (κ3) is 2.24. The zero-order valence-corrected chi connectivity index (χ0v) is 11.9. The van der Waals surface area contributed by atoms with E-state index in [1.165, 1.54) is 6.07 Å². The number of carbonyl (C=O) groups excluding carboxylic acids is 1. The minimum atomic E-state index is -0.468. The van der Waals surface area contributed by atoms with Crippen LogP contribution in [-0.4, -0.2) is 15.6 Å². The predicted molar refractivity (Wildman–Crippen MR) is 76.9 cm³/mol. The Morgan fingerprint density at radius 1 is 1.33 bits per heavy atom. The molecule has 108 valence electrons. The lowest BCUT2D eigenvalue weighted by atomic mass is 10.2.